The van der Waals surface area contributed by atoms with Gasteiger partial charge in [-0.1, -0.05) is 28.3 Å². The molecule has 2 heterocycles. The molecule has 0 spiro atoms. The minimum absolute atomic E-state index is 0.183. The lowest BCUT2D eigenvalue weighted by Crippen LogP contribution is -2.30. The van der Waals surface area contributed by atoms with Crippen LogP contribution in [0.4, 0.5) is 5.13 Å². The van der Waals surface area contributed by atoms with Gasteiger partial charge in [0.05, 0.1) is 12.7 Å². The van der Waals surface area contributed by atoms with Crippen molar-refractivity contribution in [2.75, 3.05) is 11.5 Å². The fourth-order valence-electron chi connectivity index (χ4n) is 1.09. The van der Waals surface area contributed by atoms with Crippen LogP contribution in [-0.2, 0) is 6.54 Å². The number of aryl methyl sites for hydroxylation is 1. The van der Waals surface area contributed by atoms with E-state index >= 15 is 0 Å². The Hall–Kier alpha value is -1.72. The molecule has 0 radical (unpaired) electrons. The van der Waals surface area contributed by atoms with E-state index in [0.717, 1.165) is 10.1 Å². The molecule has 0 aromatic carbocycles. The number of amides is 1. The smallest absolute Gasteiger partial charge is 0.287 e. The Kier molecular flexibility index (Phi) is 4.07. The Morgan fingerprint density at radius 1 is 1.50 bits per heavy atom. The molecule has 2 rings (SSSR count). The highest BCUT2D eigenvalue weighted by Gasteiger charge is 2.09. The van der Waals surface area contributed by atoms with Gasteiger partial charge in [0.1, 0.15) is 0 Å². The number of hydrogen-bond donors (Lipinski definition) is 3. The van der Waals surface area contributed by atoms with E-state index in [1.807, 2.05) is 5.43 Å². The normalized spacial score (nSPS) is 10.5. The maximum Gasteiger partial charge on any atom is 0.287 e. The summed E-state index contributed by atoms with van der Waals surface area (Å²) in [6, 6.07) is 0. The molecule has 9 nitrogen and oxygen atoms in total. The largest absolute Gasteiger partial charge is 0.374 e. The first-order valence-electron chi connectivity index (χ1n) is 4.82. The summed E-state index contributed by atoms with van der Waals surface area (Å²) < 4.78 is 2.36. The first-order chi connectivity index (χ1) is 8.69. The van der Waals surface area contributed by atoms with Gasteiger partial charge in [-0.05, 0) is 0 Å². The lowest BCUT2D eigenvalue weighted by molar-refractivity contribution is 0.0948. The van der Waals surface area contributed by atoms with Crippen LogP contribution in [0.5, 0.6) is 0 Å². The van der Waals surface area contributed by atoms with Crippen LogP contribution >= 0.6 is 23.1 Å². The van der Waals surface area contributed by atoms with Crippen LogP contribution < -0.4 is 17.0 Å². The number of aromatic nitrogens is 5. The number of rotatable bonds is 5. The van der Waals surface area contributed by atoms with Gasteiger partial charge in [-0.2, -0.15) is 0 Å². The number of carbonyl (C=O) groups excluding carboxylic acids is 1. The SMILES string of the molecule is NNC(=O)c1cn(CCSc2nnc(N)s2)nn1. The number of nitrogens with one attached hydrogen (secondary N) is 1. The predicted molar refractivity (Wildman–Crippen MR) is 66.7 cm³/mol. The summed E-state index contributed by atoms with van der Waals surface area (Å²) in [5.74, 6) is 5.24. The first-order valence-corrected chi connectivity index (χ1v) is 6.62. The third-order valence-electron chi connectivity index (χ3n) is 1.87. The number of hydrogen-bond acceptors (Lipinski definition) is 9. The molecule has 0 saturated carbocycles. The van der Waals surface area contributed by atoms with Crippen LogP contribution in [-0.4, -0.2) is 36.9 Å². The van der Waals surface area contributed by atoms with E-state index in [0.29, 0.717) is 11.7 Å². The van der Waals surface area contributed by atoms with Crippen molar-refractivity contribution in [1.82, 2.24) is 30.6 Å². The molecule has 5 N–H and O–H groups in total. The zero-order valence-corrected chi connectivity index (χ0v) is 10.7. The van der Waals surface area contributed by atoms with Gasteiger partial charge >= 0.3 is 0 Å². The second-order valence-electron chi connectivity index (χ2n) is 3.09. The topological polar surface area (TPSA) is 138 Å². The molecular formula is C7H10N8OS2. The van der Waals surface area contributed by atoms with E-state index in [1.54, 1.807) is 4.68 Å². The summed E-state index contributed by atoms with van der Waals surface area (Å²) >= 11 is 2.84. The fourth-order valence-corrected chi connectivity index (χ4v) is 2.73. The third kappa shape index (κ3) is 3.15. The van der Waals surface area contributed by atoms with Crippen molar-refractivity contribution >= 4 is 34.1 Å². The summed E-state index contributed by atoms with van der Waals surface area (Å²) in [5.41, 5.74) is 7.63. The van der Waals surface area contributed by atoms with Crippen molar-refractivity contribution in [2.45, 2.75) is 10.9 Å². The van der Waals surface area contributed by atoms with Gasteiger partial charge in [0, 0.05) is 5.75 Å². The van der Waals surface area contributed by atoms with Crippen molar-refractivity contribution in [3.8, 4) is 0 Å². The molecule has 0 fully saturated rings. The van der Waals surface area contributed by atoms with E-state index in [-0.39, 0.29) is 5.69 Å². The molecule has 0 saturated heterocycles. The Labute approximate surface area is 110 Å². The summed E-state index contributed by atoms with van der Waals surface area (Å²) in [5, 5.41) is 15.5. The van der Waals surface area contributed by atoms with E-state index < -0.39 is 5.91 Å². The molecule has 18 heavy (non-hydrogen) atoms. The molecule has 2 aromatic heterocycles. The fraction of sp³-hybridized carbons (Fsp3) is 0.286. The third-order valence-corrected chi connectivity index (χ3v) is 3.74. The predicted octanol–water partition coefficient (Wildman–Crippen LogP) is -0.892. The number of thioether (sulfide) groups is 1. The number of hydrazine groups is 1. The van der Waals surface area contributed by atoms with Crippen LogP contribution in [0.25, 0.3) is 0 Å². The number of nitrogen functional groups attached to an aromatic ring is 2. The second kappa shape index (κ2) is 5.75. The number of nitrogens with zero attached hydrogens (tertiary/aromatic N) is 5. The molecule has 0 bridgehead atoms. The van der Waals surface area contributed by atoms with Crippen LogP contribution in [0.3, 0.4) is 0 Å². The molecule has 0 aliphatic heterocycles. The molecular weight excluding hydrogens is 276 g/mol. The molecule has 96 valence electrons. The Morgan fingerprint density at radius 3 is 3.00 bits per heavy atom. The van der Waals surface area contributed by atoms with Gasteiger partial charge in [-0.3, -0.25) is 14.9 Å². The molecule has 0 aliphatic rings. The van der Waals surface area contributed by atoms with E-state index in [1.165, 1.54) is 29.3 Å². The molecule has 1 amide bonds. The van der Waals surface area contributed by atoms with Gasteiger partial charge in [0.2, 0.25) is 5.13 Å². The zero-order chi connectivity index (χ0) is 13.0. The molecule has 2 aromatic rings. The Bertz CT molecular complexity index is 537. The van der Waals surface area contributed by atoms with Gasteiger partial charge in [0.15, 0.2) is 10.0 Å². The first kappa shape index (κ1) is 12.7. The Balaban J connectivity index is 1.83. The van der Waals surface area contributed by atoms with Crippen LogP contribution in [0.1, 0.15) is 10.5 Å². The standard InChI is InChI=1S/C7H10N8OS2/c8-6-12-13-7(18-6)17-2-1-15-3-4(11-14-15)5(16)10-9/h3H,1-2,9H2,(H2,8,12)(H,10,16). The van der Waals surface area contributed by atoms with Gasteiger partial charge in [-0.25, -0.2) is 5.84 Å². The lowest BCUT2D eigenvalue weighted by Gasteiger charge is -1.97. The summed E-state index contributed by atoms with van der Waals surface area (Å²) in [6.45, 7) is 0.592. The highest BCUT2D eigenvalue weighted by molar-refractivity contribution is 8.01. The van der Waals surface area contributed by atoms with E-state index in [9.17, 15) is 4.79 Å². The van der Waals surface area contributed by atoms with E-state index in [2.05, 4.69) is 20.5 Å². The maximum atomic E-state index is 11.1. The number of carbonyl (C=O) groups is 1. The zero-order valence-electron chi connectivity index (χ0n) is 9.11. The van der Waals surface area contributed by atoms with Crippen molar-refractivity contribution in [3.63, 3.8) is 0 Å². The van der Waals surface area contributed by atoms with Gasteiger partial charge < -0.3 is 5.73 Å². The molecule has 11 heteroatoms. The van der Waals surface area contributed by atoms with Crippen LogP contribution in [0, 0.1) is 0 Å². The van der Waals surface area contributed by atoms with Crippen molar-refractivity contribution in [1.29, 1.82) is 0 Å². The van der Waals surface area contributed by atoms with Gasteiger partial charge in [-0.15, -0.1) is 15.3 Å². The van der Waals surface area contributed by atoms with Crippen molar-refractivity contribution < 1.29 is 4.79 Å². The van der Waals surface area contributed by atoms with Gasteiger partial charge in [0.25, 0.3) is 5.91 Å². The average molecular weight is 286 g/mol. The maximum absolute atomic E-state index is 11.1. The highest BCUT2D eigenvalue weighted by atomic mass is 32.2. The quantitative estimate of drug-likeness (QED) is 0.278. The average Bonchev–Trinajstić information content (AvgIpc) is 2.98. The minimum atomic E-state index is -0.467. The number of nitrogens with two attached hydrogens (primary N) is 2. The highest BCUT2D eigenvalue weighted by Crippen LogP contribution is 2.23. The summed E-state index contributed by atoms with van der Waals surface area (Å²) in [6.07, 6.45) is 1.53. The Morgan fingerprint density at radius 2 is 2.33 bits per heavy atom. The summed E-state index contributed by atoms with van der Waals surface area (Å²) in [7, 11) is 0. The number of anilines is 1. The molecule has 0 atom stereocenters. The monoisotopic (exact) mass is 286 g/mol. The minimum Gasteiger partial charge on any atom is -0.374 e. The van der Waals surface area contributed by atoms with Crippen LogP contribution in [0.15, 0.2) is 10.5 Å². The second-order valence-corrected chi connectivity index (χ2v) is 5.45. The lowest BCUT2D eigenvalue weighted by atomic mass is 10.5. The van der Waals surface area contributed by atoms with Crippen molar-refractivity contribution in [2.24, 2.45) is 5.84 Å². The van der Waals surface area contributed by atoms with Crippen molar-refractivity contribution in [3.05, 3.63) is 11.9 Å². The van der Waals surface area contributed by atoms with E-state index in [4.69, 9.17) is 11.6 Å². The molecule has 0 unspecified atom stereocenters. The molecule has 0 aliphatic carbocycles. The summed E-state index contributed by atoms with van der Waals surface area (Å²) in [4.78, 5) is 11.1. The van der Waals surface area contributed by atoms with Crippen LogP contribution in [0.2, 0.25) is 0 Å².